The summed E-state index contributed by atoms with van der Waals surface area (Å²) in [6, 6.07) is 0. The minimum absolute atomic E-state index is 0.446. The highest BCUT2D eigenvalue weighted by Gasteiger charge is 2.09. The topological polar surface area (TPSA) is 91.0 Å². The van der Waals surface area contributed by atoms with Crippen molar-refractivity contribution < 1.29 is 8.94 Å². The van der Waals surface area contributed by atoms with Crippen LogP contribution >= 0.6 is 0 Å². The van der Waals surface area contributed by atoms with Crippen LogP contribution in [0.4, 0.5) is 0 Å². The highest BCUT2D eigenvalue weighted by atomic mass is 16.5. The van der Waals surface area contributed by atoms with Crippen molar-refractivity contribution in [3.63, 3.8) is 0 Å². The lowest BCUT2D eigenvalue weighted by atomic mass is 10.4. The van der Waals surface area contributed by atoms with Gasteiger partial charge in [-0.3, -0.25) is 0 Å². The molecule has 2 aromatic heterocycles. The van der Waals surface area contributed by atoms with Crippen LogP contribution in [0.15, 0.2) is 15.1 Å². The number of oxazole rings is 1. The van der Waals surface area contributed by atoms with Gasteiger partial charge in [-0.2, -0.15) is 4.98 Å². The second-order valence-corrected chi connectivity index (χ2v) is 3.18. The van der Waals surface area contributed by atoms with E-state index in [1.54, 1.807) is 6.20 Å². The van der Waals surface area contributed by atoms with E-state index in [0.717, 1.165) is 5.76 Å². The third-order valence-electron chi connectivity index (χ3n) is 1.85. The van der Waals surface area contributed by atoms with Gasteiger partial charge in [0.05, 0.1) is 12.6 Å². The predicted octanol–water partition coefficient (Wildman–Crippen LogP) is 0.458. The molecule has 0 amide bonds. The summed E-state index contributed by atoms with van der Waals surface area (Å²) >= 11 is 0. The van der Waals surface area contributed by atoms with Crippen molar-refractivity contribution in [1.29, 1.82) is 0 Å². The number of aromatic nitrogens is 3. The summed E-state index contributed by atoms with van der Waals surface area (Å²) < 4.78 is 10.3. The highest BCUT2D eigenvalue weighted by molar-refractivity contribution is 4.99. The molecule has 2 heterocycles. The number of rotatable bonds is 4. The zero-order chi connectivity index (χ0) is 10.7. The normalized spacial score (nSPS) is 10.8. The van der Waals surface area contributed by atoms with Crippen LogP contribution in [0.1, 0.15) is 23.4 Å². The van der Waals surface area contributed by atoms with Crippen LogP contribution in [0, 0.1) is 6.92 Å². The van der Waals surface area contributed by atoms with Crippen molar-refractivity contribution in [2.45, 2.75) is 19.8 Å². The van der Waals surface area contributed by atoms with Crippen molar-refractivity contribution >= 4 is 0 Å². The smallest absolute Gasteiger partial charge is 0.227 e. The first-order valence-electron chi connectivity index (χ1n) is 4.71. The van der Waals surface area contributed by atoms with E-state index in [9.17, 15) is 0 Å². The third-order valence-corrected chi connectivity index (χ3v) is 1.85. The molecule has 0 saturated carbocycles. The van der Waals surface area contributed by atoms with Crippen molar-refractivity contribution in [1.82, 2.24) is 15.1 Å². The SMILES string of the molecule is Cc1cnc(Cc2noc(CCN)n2)o1. The van der Waals surface area contributed by atoms with Crippen LogP contribution in [-0.4, -0.2) is 21.7 Å². The van der Waals surface area contributed by atoms with Gasteiger partial charge < -0.3 is 14.7 Å². The molecule has 80 valence electrons. The molecule has 2 rings (SSSR count). The fourth-order valence-corrected chi connectivity index (χ4v) is 1.21. The summed E-state index contributed by atoms with van der Waals surface area (Å²) in [5.74, 6) is 2.49. The maximum absolute atomic E-state index is 5.37. The van der Waals surface area contributed by atoms with Gasteiger partial charge in [0, 0.05) is 13.0 Å². The van der Waals surface area contributed by atoms with Crippen molar-refractivity contribution in [2.75, 3.05) is 6.54 Å². The molecule has 0 aliphatic carbocycles. The molecule has 6 heteroatoms. The van der Waals surface area contributed by atoms with Crippen molar-refractivity contribution in [3.05, 3.63) is 29.6 Å². The molecule has 0 saturated heterocycles. The highest BCUT2D eigenvalue weighted by Crippen LogP contribution is 2.07. The zero-order valence-corrected chi connectivity index (χ0v) is 8.43. The van der Waals surface area contributed by atoms with Gasteiger partial charge in [-0.05, 0) is 6.92 Å². The quantitative estimate of drug-likeness (QED) is 0.784. The number of nitrogens with two attached hydrogens (primary N) is 1. The molecule has 6 nitrogen and oxygen atoms in total. The van der Waals surface area contributed by atoms with Gasteiger partial charge in [-0.1, -0.05) is 5.16 Å². The summed E-state index contributed by atoms with van der Waals surface area (Å²) in [5, 5.41) is 3.80. The average molecular weight is 208 g/mol. The molecule has 15 heavy (non-hydrogen) atoms. The fraction of sp³-hybridized carbons (Fsp3) is 0.444. The van der Waals surface area contributed by atoms with E-state index in [1.807, 2.05) is 6.92 Å². The first-order valence-corrected chi connectivity index (χ1v) is 4.71. The van der Waals surface area contributed by atoms with Crippen molar-refractivity contribution in [2.24, 2.45) is 5.73 Å². The molecule has 0 spiro atoms. The van der Waals surface area contributed by atoms with Gasteiger partial charge in [0.25, 0.3) is 0 Å². The Morgan fingerprint density at radius 2 is 2.27 bits per heavy atom. The van der Waals surface area contributed by atoms with E-state index in [2.05, 4.69) is 15.1 Å². The third kappa shape index (κ3) is 2.41. The Balaban J connectivity index is 2.04. The minimum atomic E-state index is 0.446. The number of aryl methyl sites for hydroxylation is 1. The second kappa shape index (κ2) is 4.22. The largest absolute Gasteiger partial charge is 0.446 e. The maximum atomic E-state index is 5.37. The fourth-order valence-electron chi connectivity index (χ4n) is 1.21. The molecule has 0 unspecified atom stereocenters. The Labute approximate surface area is 86.5 Å². The standard InChI is InChI=1S/C9H12N4O2/c1-6-5-11-9(14-6)4-7-12-8(2-3-10)15-13-7/h5H,2-4,10H2,1H3. The molecule has 2 N–H and O–H groups in total. The summed E-state index contributed by atoms with van der Waals surface area (Å²) in [6.45, 7) is 2.34. The predicted molar refractivity (Wildman–Crippen MR) is 51.1 cm³/mol. The number of hydrogen-bond donors (Lipinski definition) is 1. The van der Waals surface area contributed by atoms with E-state index < -0.39 is 0 Å². The number of nitrogens with zero attached hydrogens (tertiary/aromatic N) is 3. The summed E-state index contributed by atoms with van der Waals surface area (Å²) in [6.07, 6.45) is 2.70. The zero-order valence-electron chi connectivity index (χ0n) is 8.43. The van der Waals surface area contributed by atoms with Crippen LogP contribution in [0.5, 0.6) is 0 Å². The van der Waals surface area contributed by atoms with E-state index >= 15 is 0 Å². The lowest BCUT2D eigenvalue weighted by Gasteiger charge is -1.87. The monoisotopic (exact) mass is 208 g/mol. The van der Waals surface area contributed by atoms with E-state index in [1.165, 1.54) is 0 Å². The Morgan fingerprint density at radius 1 is 1.40 bits per heavy atom. The van der Waals surface area contributed by atoms with E-state index in [4.69, 9.17) is 14.7 Å². The molecule has 0 atom stereocenters. The van der Waals surface area contributed by atoms with Gasteiger partial charge in [-0.15, -0.1) is 0 Å². The Hall–Kier alpha value is -1.69. The Kier molecular flexibility index (Phi) is 2.77. The van der Waals surface area contributed by atoms with E-state index in [0.29, 0.717) is 37.0 Å². The molecule has 2 aromatic rings. The summed E-state index contributed by atoms with van der Waals surface area (Å²) in [4.78, 5) is 8.20. The molecule has 0 fully saturated rings. The minimum Gasteiger partial charge on any atom is -0.446 e. The molecule has 0 aromatic carbocycles. The molecule has 0 aliphatic heterocycles. The van der Waals surface area contributed by atoms with E-state index in [-0.39, 0.29) is 0 Å². The van der Waals surface area contributed by atoms with Gasteiger partial charge in [0.1, 0.15) is 5.76 Å². The van der Waals surface area contributed by atoms with Crippen LogP contribution in [0.25, 0.3) is 0 Å². The van der Waals surface area contributed by atoms with Gasteiger partial charge in [-0.25, -0.2) is 4.98 Å². The first kappa shape index (κ1) is 9.85. The summed E-state index contributed by atoms with van der Waals surface area (Å²) in [5.41, 5.74) is 5.37. The molecule has 0 aliphatic rings. The molecule has 0 bridgehead atoms. The second-order valence-electron chi connectivity index (χ2n) is 3.18. The number of hydrogen-bond acceptors (Lipinski definition) is 6. The lowest BCUT2D eigenvalue weighted by molar-refractivity contribution is 0.373. The lowest BCUT2D eigenvalue weighted by Crippen LogP contribution is -2.02. The Bertz CT molecular complexity index is 435. The first-order chi connectivity index (χ1) is 7.28. The molecular weight excluding hydrogens is 196 g/mol. The van der Waals surface area contributed by atoms with Crippen LogP contribution in [0.3, 0.4) is 0 Å². The van der Waals surface area contributed by atoms with Gasteiger partial charge >= 0.3 is 0 Å². The van der Waals surface area contributed by atoms with Crippen LogP contribution < -0.4 is 5.73 Å². The van der Waals surface area contributed by atoms with Crippen molar-refractivity contribution in [3.8, 4) is 0 Å². The molecule has 0 radical (unpaired) electrons. The van der Waals surface area contributed by atoms with Gasteiger partial charge in [0.15, 0.2) is 5.82 Å². The average Bonchev–Trinajstić information content (AvgIpc) is 2.78. The molecular formula is C9H12N4O2. The Morgan fingerprint density at radius 3 is 2.93 bits per heavy atom. The maximum Gasteiger partial charge on any atom is 0.227 e. The van der Waals surface area contributed by atoms with Crippen LogP contribution in [0.2, 0.25) is 0 Å². The van der Waals surface area contributed by atoms with Crippen LogP contribution in [-0.2, 0) is 12.8 Å². The van der Waals surface area contributed by atoms with Gasteiger partial charge in [0.2, 0.25) is 11.8 Å². The summed E-state index contributed by atoms with van der Waals surface area (Å²) in [7, 11) is 0.